The number of hydrogen-bond donors (Lipinski definition) is 2. The summed E-state index contributed by atoms with van der Waals surface area (Å²) in [6.45, 7) is 2.10. The van der Waals surface area contributed by atoms with Gasteiger partial charge in [0.15, 0.2) is 10.7 Å². The Morgan fingerprint density at radius 1 is 1.10 bits per heavy atom. The van der Waals surface area contributed by atoms with Gasteiger partial charge in [-0.3, -0.25) is 4.79 Å². The summed E-state index contributed by atoms with van der Waals surface area (Å²) in [6, 6.07) is 17.2. The van der Waals surface area contributed by atoms with E-state index in [-0.39, 0.29) is 11.0 Å². The number of oxazole rings is 1. The molecule has 0 saturated carbocycles. The van der Waals surface area contributed by atoms with Crippen molar-refractivity contribution >= 4 is 62.4 Å². The van der Waals surface area contributed by atoms with Gasteiger partial charge in [-0.2, -0.15) is 0 Å². The van der Waals surface area contributed by atoms with Crippen molar-refractivity contribution in [2.24, 2.45) is 0 Å². The minimum atomic E-state index is -0.0784. The van der Waals surface area contributed by atoms with Crippen LogP contribution in [0.3, 0.4) is 0 Å². The summed E-state index contributed by atoms with van der Waals surface area (Å²) in [5.41, 5.74) is 2.96. The standard InChI is InChI=1S/C24H22ClN3O2S/c1-2-3-4-11-22(29)28-24(31)26-15-12-13-21-20(14-15)27-23(30-21)18-9-5-8-17-16(18)7-6-10-19(17)25/h5-10,12-14H,2-4,11H2,1H3,(H2,26,28,29,31). The third-order valence-corrected chi connectivity index (χ3v) is 5.54. The average molecular weight is 452 g/mol. The molecule has 1 heterocycles. The Kier molecular flexibility index (Phi) is 6.49. The van der Waals surface area contributed by atoms with Crippen LogP contribution >= 0.6 is 23.8 Å². The number of amides is 1. The molecular formula is C24H22ClN3O2S. The summed E-state index contributed by atoms with van der Waals surface area (Å²) in [5, 5.41) is 8.65. The Bertz CT molecular complexity index is 1270. The molecule has 0 fully saturated rings. The zero-order valence-corrected chi connectivity index (χ0v) is 18.6. The lowest BCUT2D eigenvalue weighted by atomic mass is 10.0. The largest absolute Gasteiger partial charge is 0.436 e. The van der Waals surface area contributed by atoms with Gasteiger partial charge in [0, 0.05) is 28.1 Å². The SMILES string of the molecule is CCCCCC(=O)NC(=S)Nc1ccc2oc(-c3cccc4c(Cl)cccc34)nc2c1. The van der Waals surface area contributed by atoms with E-state index < -0.39 is 0 Å². The zero-order valence-electron chi connectivity index (χ0n) is 17.1. The van der Waals surface area contributed by atoms with Gasteiger partial charge in [-0.05, 0) is 54.4 Å². The molecule has 3 aromatic carbocycles. The van der Waals surface area contributed by atoms with Crippen molar-refractivity contribution in [2.45, 2.75) is 32.6 Å². The first-order chi connectivity index (χ1) is 15.0. The molecule has 1 amide bonds. The van der Waals surface area contributed by atoms with Gasteiger partial charge in [0.2, 0.25) is 11.8 Å². The van der Waals surface area contributed by atoms with E-state index >= 15 is 0 Å². The summed E-state index contributed by atoms with van der Waals surface area (Å²) >= 11 is 11.6. The number of nitrogens with zero attached hydrogens (tertiary/aromatic N) is 1. The molecule has 2 N–H and O–H groups in total. The van der Waals surface area contributed by atoms with E-state index in [0.717, 1.165) is 41.3 Å². The Labute approximate surface area is 190 Å². The maximum atomic E-state index is 11.9. The van der Waals surface area contributed by atoms with Gasteiger partial charge in [0.1, 0.15) is 5.52 Å². The number of thiocarbonyl (C=S) groups is 1. The highest BCUT2D eigenvalue weighted by Gasteiger charge is 2.13. The van der Waals surface area contributed by atoms with E-state index in [0.29, 0.717) is 28.4 Å². The zero-order chi connectivity index (χ0) is 21.8. The van der Waals surface area contributed by atoms with E-state index in [1.165, 1.54) is 0 Å². The molecule has 5 nitrogen and oxygen atoms in total. The van der Waals surface area contributed by atoms with Crippen LogP contribution in [0.1, 0.15) is 32.6 Å². The predicted molar refractivity (Wildman–Crippen MR) is 130 cm³/mol. The lowest BCUT2D eigenvalue weighted by molar-refractivity contribution is -0.119. The molecule has 1 aromatic heterocycles. The van der Waals surface area contributed by atoms with Crippen molar-refractivity contribution in [3.05, 3.63) is 59.6 Å². The fraction of sp³-hybridized carbons (Fsp3) is 0.208. The van der Waals surface area contributed by atoms with Crippen LogP contribution < -0.4 is 10.6 Å². The normalized spacial score (nSPS) is 11.0. The Morgan fingerprint density at radius 3 is 2.74 bits per heavy atom. The third kappa shape index (κ3) is 4.86. The first kappa shape index (κ1) is 21.3. The van der Waals surface area contributed by atoms with E-state index in [1.54, 1.807) is 0 Å². The number of hydrogen-bond acceptors (Lipinski definition) is 4. The van der Waals surface area contributed by atoms with Crippen LogP contribution in [0.4, 0.5) is 5.69 Å². The Balaban J connectivity index is 1.54. The number of fused-ring (bicyclic) bond motifs is 2. The van der Waals surface area contributed by atoms with E-state index in [2.05, 4.69) is 22.5 Å². The van der Waals surface area contributed by atoms with Crippen LogP contribution in [-0.2, 0) is 4.79 Å². The molecule has 7 heteroatoms. The summed E-state index contributed by atoms with van der Waals surface area (Å²) in [4.78, 5) is 16.6. The van der Waals surface area contributed by atoms with Gasteiger partial charge >= 0.3 is 0 Å². The molecule has 4 rings (SSSR count). The van der Waals surface area contributed by atoms with Gasteiger partial charge < -0.3 is 15.1 Å². The molecule has 0 spiro atoms. The summed E-state index contributed by atoms with van der Waals surface area (Å²) in [5.74, 6) is 0.442. The van der Waals surface area contributed by atoms with Crippen molar-refractivity contribution in [2.75, 3.05) is 5.32 Å². The molecular weight excluding hydrogens is 430 g/mol. The number of nitrogens with one attached hydrogen (secondary N) is 2. The fourth-order valence-corrected chi connectivity index (χ4v) is 3.93. The maximum absolute atomic E-state index is 11.9. The first-order valence-electron chi connectivity index (χ1n) is 10.2. The molecule has 0 unspecified atom stereocenters. The van der Waals surface area contributed by atoms with Gasteiger partial charge in [-0.25, -0.2) is 4.98 Å². The Hall–Kier alpha value is -2.96. The highest BCUT2D eigenvalue weighted by Crippen LogP contribution is 2.33. The minimum absolute atomic E-state index is 0.0784. The topological polar surface area (TPSA) is 67.2 Å². The fourth-order valence-electron chi connectivity index (χ4n) is 3.47. The quantitative estimate of drug-likeness (QED) is 0.252. The number of aromatic nitrogens is 1. The number of carbonyl (C=O) groups is 1. The lowest BCUT2D eigenvalue weighted by Crippen LogP contribution is -2.33. The molecule has 0 radical (unpaired) electrons. The number of benzene rings is 3. The van der Waals surface area contributed by atoms with Gasteiger partial charge in [0.25, 0.3) is 0 Å². The van der Waals surface area contributed by atoms with Crippen molar-refractivity contribution in [3.63, 3.8) is 0 Å². The number of unbranched alkanes of at least 4 members (excludes halogenated alkanes) is 2. The van der Waals surface area contributed by atoms with E-state index in [9.17, 15) is 4.79 Å². The Morgan fingerprint density at radius 2 is 1.90 bits per heavy atom. The maximum Gasteiger partial charge on any atom is 0.227 e. The van der Waals surface area contributed by atoms with Crippen molar-refractivity contribution in [1.82, 2.24) is 10.3 Å². The lowest BCUT2D eigenvalue weighted by Gasteiger charge is -2.09. The number of anilines is 1. The third-order valence-electron chi connectivity index (χ3n) is 5.01. The van der Waals surface area contributed by atoms with Gasteiger partial charge in [-0.1, -0.05) is 55.6 Å². The summed E-state index contributed by atoms with van der Waals surface area (Å²) in [7, 11) is 0. The number of halogens is 1. The van der Waals surface area contributed by atoms with Crippen molar-refractivity contribution in [1.29, 1.82) is 0 Å². The molecule has 31 heavy (non-hydrogen) atoms. The first-order valence-corrected chi connectivity index (χ1v) is 11.0. The molecule has 0 aliphatic heterocycles. The predicted octanol–water partition coefficient (Wildman–Crippen LogP) is 6.69. The van der Waals surface area contributed by atoms with Crippen LogP contribution in [0, 0.1) is 0 Å². The van der Waals surface area contributed by atoms with Crippen LogP contribution in [0.2, 0.25) is 5.02 Å². The summed E-state index contributed by atoms with van der Waals surface area (Å²) in [6.07, 6.45) is 3.43. The van der Waals surface area contributed by atoms with Gasteiger partial charge in [-0.15, -0.1) is 0 Å². The molecule has 0 aliphatic carbocycles. The molecule has 0 bridgehead atoms. The second-order valence-corrected chi connectivity index (χ2v) is 8.12. The molecule has 4 aromatic rings. The highest BCUT2D eigenvalue weighted by atomic mass is 35.5. The number of rotatable bonds is 6. The molecule has 0 saturated heterocycles. The van der Waals surface area contributed by atoms with Crippen LogP contribution in [-0.4, -0.2) is 16.0 Å². The molecule has 0 aliphatic rings. The van der Waals surface area contributed by atoms with Crippen LogP contribution in [0.25, 0.3) is 33.3 Å². The average Bonchev–Trinajstić information content (AvgIpc) is 3.17. The van der Waals surface area contributed by atoms with Crippen LogP contribution in [0.5, 0.6) is 0 Å². The minimum Gasteiger partial charge on any atom is -0.436 e. The van der Waals surface area contributed by atoms with Crippen molar-refractivity contribution < 1.29 is 9.21 Å². The summed E-state index contributed by atoms with van der Waals surface area (Å²) < 4.78 is 6.00. The smallest absolute Gasteiger partial charge is 0.227 e. The monoisotopic (exact) mass is 451 g/mol. The second kappa shape index (κ2) is 9.45. The van der Waals surface area contributed by atoms with Gasteiger partial charge in [0.05, 0.1) is 0 Å². The second-order valence-electron chi connectivity index (χ2n) is 7.30. The number of carbonyl (C=O) groups excluding carboxylic acids is 1. The van der Waals surface area contributed by atoms with Crippen LogP contribution in [0.15, 0.2) is 59.0 Å². The van der Waals surface area contributed by atoms with Crippen molar-refractivity contribution in [3.8, 4) is 11.5 Å². The molecule has 158 valence electrons. The highest BCUT2D eigenvalue weighted by molar-refractivity contribution is 7.80. The van der Waals surface area contributed by atoms with E-state index in [4.69, 9.17) is 28.2 Å². The molecule has 0 atom stereocenters. The van der Waals surface area contributed by atoms with E-state index in [1.807, 2.05) is 54.6 Å².